The molecule has 5 rings (SSSR count). The van der Waals surface area contributed by atoms with E-state index in [-0.39, 0.29) is 12.5 Å². The number of benzene rings is 4. The molecule has 0 radical (unpaired) electrons. The number of carbonyl (C=O) groups is 1. The van der Waals surface area contributed by atoms with Gasteiger partial charge in [-0.15, -0.1) is 0 Å². The monoisotopic (exact) mass is 569 g/mol. The first-order valence-corrected chi connectivity index (χ1v) is 13.4. The summed E-state index contributed by atoms with van der Waals surface area (Å²) in [6.45, 7) is 2.60. The van der Waals surface area contributed by atoms with Crippen molar-refractivity contribution >= 4 is 46.2 Å². The molecule has 1 heterocycles. The minimum atomic E-state index is -0.336. The molecule has 0 atom stereocenters. The quantitative estimate of drug-likeness (QED) is 0.144. The number of nitrogens with one attached hydrogen (secondary N) is 1. The van der Waals surface area contributed by atoms with Gasteiger partial charge in [-0.1, -0.05) is 77.8 Å². The van der Waals surface area contributed by atoms with Gasteiger partial charge in [0.05, 0.1) is 29.6 Å². The van der Waals surface area contributed by atoms with Gasteiger partial charge in [-0.2, -0.15) is 5.10 Å². The van der Waals surface area contributed by atoms with E-state index in [2.05, 4.69) is 10.5 Å². The fourth-order valence-corrected chi connectivity index (χ4v) is 4.60. The second-order valence-corrected chi connectivity index (χ2v) is 9.64. The summed E-state index contributed by atoms with van der Waals surface area (Å²) >= 11 is 12.3. The van der Waals surface area contributed by atoms with Crippen molar-refractivity contribution in [1.82, 2.24) is 10.4 Å². The molecule has 0 fully saturated rings. The van der Waals surface area contributed by atoms with Crippen LogP contribution in [0.1, 0.15) is 28.4 Å². The molecule has 6 nitrogen and oxygen atoms in total. The molecule has 200 valence electrons. The molecule has 1 aromatic heterocycles. The predicted molar refractivity (Wildman–Crippen MR) is 161 cm³/mol. The summed E-state index contributed by atoms with van der Waals surface area (Å²) in [5.41, 5.74) is 7.04. The van der Waals surface area contributed by atoms with E-state index in [1.807, 2.05) is 73.7 Å². The fraction of sp³-hybridized carbons (Fsp3) is 0.0938. The molecule has 0 spiro atoms. The molecule has 1 amide bonds. The van der Waals surface area contributed by atoms with Crippen molar-refractivity contribution in [2.24, 2.45) is 5.10 Å². The lowest BCUT2D eigenvalue weighted by Gasteiger charge is -2.13. The number of rotatable bonds is 9. The number of hydrazone groups is 1. The zero-order valence-electron chi connectivity index (χ0n) is 21.6. The Bertz CT molecular complexity index is 1690. The first kappa shape index (κ1) is 27.2. The Kier molecular flexibility index (Phi) is 8.59. The molecule has 5 aromatic rings. The Morgan fingerprint density at radius 3 is 2.50 bits per heavy atom. The molecule has 0 unspecified atom stereocenters. The Balaban J connectivity index is 1.33. The summed E-state index contributed by atoms with van der Waals surface area (Å²) < 4.78 is 11.7. The first-order chi connectivity index (χ1) is 19.5. The smallest absolute Gasteiger partial charge is 0.272 e. The summed E-state index contributed by atoms with van der Waals surface area (Å²) in [6.07, 6.45) is 1.56. The molecule has 4 aromatic carbocycles. The number of carbonyl (C=O) groups excluding carboxylic acids is 1. The van der Waals surface area contributed by atoms with Gasteiger partial charge in [0.2, 0.25) is 0 Å². The molecule has 0 saturated heterocycles. The standard InChI is InChI=1S/C32H25Cl2N3O3/c1-2-39-31-16-21(12-15-30(31)40-20-23-13-14-24(33)17-27(23)34)19-35-37-32(38)26-18-29(22-8-4-3-5-9-22)36-28-11-7-6-10-25(26)28/h3-19H,2,20H2,1H3,(H,37,38)/b35-19+. The van der Waals surface area contributed by atoms with Crippen molar-refractivity contribution in [3.63, 3.8) is 0 Å². The van der Waals surface area contributed by atoms with Crippen LogP contribution in [0.4, 0.5) is 0 Å². The summed E-state index contributed by atoms with van der Waals surface area (Å²) in [5, 5.41) is 6.04. The summed E-state index contributed by atoms with van der Waals surface area (Å²) in [5.74, 6) is 0.776. The van der Waals surface area contributed by atoms with Gasteiger partial charge in [0.25, 0.3) is 5.91 Å². The normalized spacial score (nSPS) is 11.1. The van der Waals surface area contributed by atoms with Gasteiger partial charge in [-0.05, 0) is 55.0 Å². The third-order valence-corrected chi connectivity index (χ3v) is 6.66. The highest BCUT2D eigenvalue weighted by Gasteiger charge is 2.14. The second kappa shape index (κ2) is 12.6. The van der Waals surface area contributed by atoms with Crippen LogP contribution in [0, 0.1) is 0 Å². The molecule has 0 aliphatic heterocycles. The van der Waals surface area contributed by atoms with Crippen LogP contribution in [0.2, 0.25) is 10.0 Å². The lowest BCUT2D eigenvalue weighted by atomic mass is 10.0. The van der Waals surface area contributed by atoms with Crippen LogP contribution in [0.15, 0.2) is 102 Å². The van der Waals surface area contributed by atoms with Crippen LogP contribution in [0.5, 0.6) is 11.5 Å². The lowest BCUT2D eigenvalue weighted by Crippen LogP contribution is -2.18. The van der Waals surface area contributed by atoms with Gasteiger partial charge in [0, 0.05) is 26.6 Å². The average molecular weight is 570 g/mol. The molecule has 1 N–H and O–H groups in total. The maximum Gasteiger partial charge on any atom is 0.272 e. The lowest BCUT2D eigenvalue weighted by molar-refractivity contribution is 0.0956. The van der Waals surface area contributed by atoms with Crippen molar-refractivity contribution in [3.05, 3.63) is 124 Å². The van der Waals surface area contributed by atoms with Crippen LogP contribution >= 0.6 is 23.2 Å². The number of ether oxygens (including phenoxy) is 2. The minimum absolute atomic E-state index is 0.254. The Morgan fingerprint density at radius 1 is 0.900 bits per heavy atom. The minimum Gasteiger partial charge on any atom is -0.490 e. The van der Waals surface area contributed by atoms with Crippen LogP contribution in [-0.4, -0.2) is 23.7 Å². The number of pyridine rings is 1. The van der Waals surface area contributed by atoms with E-state index < -0.39 is 0 Å². The highest BCUT2D eigenvalue weighted by Crippen LogP contribution is 2.30. The Morgan fingerprint density at radius 2 is 1.70 bits per heavy atom. The van der Waals surface area contributed by atoms with Gasteiger partial charge in [-0.3, -0.25) is 4.79 Å². The van der Waals surface area contributed by atoms with Crippen molar-refractivity contribution in [3.8, 4) is 22.8 Å². The topological polar surface area (TPSA) is 72.8 Å². The molecule has 0 aliphatic carbocycles. The highest BCUT2D eigenvalue weighted by molar-refractivity contribution is 6.35. The average Bonchev–Trinajstić information content (AvgIpc) is 2.97. The number of hydrogen-bond acceptors (Lipinski definition) is 5. The zero-order chi connectivity index (χ0) is 27.9. The van der Waals surface area contributed by atoms with E-state index in [9.17, 15) is 4.79 Å². The number of para-hydroxylation sites is 1. The van der Waals surface area contributed by atoms with Crippen LogP contribution in [0.3, 0.4) is 0 Å². The first-order valence-electron chi connectivity index (χ1n) is 12.6. The van der Waals surface area contributed by atoms with Crippen molar-refractivity contribution in [2.45, 2.75) is 13.5 Å². The number of halogens is 2. The predicted octanol–water partition coefficient (Wildman–Crippen LogP) is 7.95. The van der Waals surface area contributed by atoms with Gasteiger partial charge in [0.15, 0.2) is 11.5 Å². The third-order valence-electron chi connectivity index (χ3n) is 6.08. The third kappa shape index (κ3) is 6.42. The van der Waals surface area contributed by atoms with Crippen LogP contribution in [-0.2, 0) is 6.61 Å². The molecule has 0 bridgehead atoms. The maximum absolute atomic E-state index is 13.2. The number of nitrogens with zero attached hydrogens (tertiary/aromatic N) is 2. The summed E-state index contributed by atoms with van der Waals surface area (Å²) in [4.78, 5) is 17.9. The van der Waals surface area contributed by atoms with E-state index in [1.54, 1.807) is 36.5 Å². The van der Waals surface area contributed by atoms with E-state index in [4.69, 9.17) is 37.7 Å². The molecule has 0 aliphatic rings. The number of hydrogen-bond donors (Lipinski definition) is 1. The highest BCUT2D eigenvalue weighted by atomic mass is 35.5. The largest absolute Gasteiger partial charge is 0.490 e. The van der Waals surface area contributed by atoms with Crippen LogP contribution in [0.25, 0.3) is 22.2 Å². The SMILES string of the molecule is CCOc1cc(/C=N/NC(=O)c2cc(-c3ccccc3)nc3ccccc23)ccc1OCc1ccc(Cl)cc1Cl. The van der Waals surface area contributed by atoms with Gasteiger partial charge < -0.3 is 9.47 Å². The molecular weight excluding hydrogens is 545 g/mol. The van der Waals surface area contributed by atoms with Crippen LogP contribution < -0.4 is 14.9 Å². The zero-order valence-corrected chi connectivity index (χ0v) is 23.1. The van der Waals surface area contributed by atoms with Gasteiger partial charge in [0.1, 0.15) is 6.61 Å². The van der Waals surface area contributed by atoms with E-state index in [0.29, 0.717) is 39.4 Å². The summed E-state index contributed by atoms with van der Waals surface area (Å²) in [7, 11) is 0. The Labute approximate surface area is 242 Å². The second-order valence-electron chi connectivity index (χ2n) is 8.80. The molecular formula is C32H25Cl2N3O3. The van der Waals surface area contributed by atoms with Crippen molar-refractivity contribution < 1.29 is 14.3 Å². The molecule has 8 heteroatoms. The van der Waals surface area contributed by atoms with Gasteiger partial charge in [-0.25, -0.2) is 10.4 Å². The van der Waals surface area contributed by atoms with E-state index in [0.717, 1.165) is 27.6 Å². The van der Waals surface area contributed by atoms with E-state index >= 15 is 0 Å². The fourth-order valence-electron chi connectivity index (χ4n) is 4.13. The van der Waals surface area contributed by atoms with E-state index in [1.165, 1.54) is 0 Å². The van der Waals surface area contributed by atoms with Crippen molar-refractivity contribution in [2.75, 3.05) is 6.61 Å². The summed E-state index contributed by atoms with van der Waals surface area (Å²) in [6, 6.07) is 29.8. The number of aromatic nitrogens is 1. The Hall–Kier alpha value is -4.39. The number of fused-ring (bicyclic) bond motifs is 1. The molecule has 40 heavy (non-hydrogen) atoms. The number of amides is 1. The van der Waals surface area contributed by atoms with Crippen molar-refractivity contribution in [1.29, 1.82) is 0 Å². The van der Waals surface area contributed by atoms with Gasteiger partial charge >= 0.3 is 0 Å². The maximum atomic E-state index is 13.2. The molecule has 0 saturated carbocycles.